The Hall–Kier alpha value is -2.37. The molecule has 0 radical (unpaired) electrons. The van der Waals surface area contributed by atoms with E-state index in [1.165, 1.54) is 289 Å². The summed E-state index contributed by atoms with van der Waals surface area (Å²) in [7, 11) is -2.55. The van der Waals surface area contributed by atoms with Crippen molar-refractivity contribution in [3.63, 3.8) is 0 Å². The molecule has 0 saturated carbocycles. The molecule has 1 atom stereocenters. The lowest BCUT2D eigenvalue weighted by Gasteiger charge is -2.19. The molecule has 1 rings (SSSR count). The molecule has 100 heavy (non-hydrogen) atoms. The van der Waals surface area contributed by atoms with Crippen LogP contribution in [0.1, 0.15) is 341 Å². The summed E-state index contributed by atoms with van der Waals surface area (Å²) in [5.74, 6) is 8.09. The number of nitrogens with zero attached hydrogens (tertiary/aromatic N) is 2. The number of hydrazone groups is 1. The van der Waals surface area contributed by atoms with Gasteiger partial charge in [0.05, 0.1) is 139 Å². The zero-order valence-corrected chi connectivity index (χ0v) is 66.9. The van der Waals surface area contributed by atoms with E-state index in [9.17, 15) is 4.57 Å². The van der Waals surface area contributed by atoms with Gasteiger partial charge in [-0.2, -0.15) is 5.10 Å². The van der Waals surface area contributed by atoms with Crippen LogP contribution in [0.4, 0.5) is 0 Å². The number of hydrogen-bond acceptors (Lipinski definition) is 16. The monoisotopic (exact) mass is 1440 g/mol. The Balaban J connectivity index is 2.70. The first-order valence-electron chi connectivity index (χ1n) is 42.0. The number of nitrogens with two attached hydrogens (primary N) is 1. The summed E-state index contributed by atoms with van der Waals surface area (Å²) in [6.07, 6.45) is 66.4. The minimum atomic E-state index is -2.55. The molecule has 0 aliphatic rings. The average molecular weight is 1440 g/mol. The lowest BCUT2D eigenvalue weighted by atomic mass is 10.0. The quantitative estimate of drug-likeness (QED) is 0.0214. The summed E-state index contributed by atoms with van der Waals surface area (Å²) in [5.41, 5.74) is 1.53. The lowest BCUT2D eigenvalue weighted by molar-refractivity contribution is -0.0221. The van der Waals surface area contributed by atoms with Crippen molar-refractivity contribution in [1.82, 2.24) is 0 Å². The summed E-state index contributed by atoms with van der Waals surface area (Å²) < 4.78 is 82.5. The van der Waals surface area contributed by atoms with Crippen LogP contribution >= 0.6 is 7.37 Å². The molecule has 1 aromatic carbocycles. The van der Waals surface area contributed by atoms with E-state index in [4.69, 9.17) is 67.5 Å². The third-order valence-electron chi connectivity index (χ3n) is 18.4. The average Bonchev–Trinajstić information content (AvgIpc) is 0.826. The maximum absolute atomic E-state index is 12.1. The lowest BCUT2D eigenvalue weighted by Crippen LogP contribution is -2.17. The van der Waals surface area contributed by atoms with Crippen molar-refractivity contribution >= 4 is 19.3 Å². The van der Waals surface area contributed by atoms with Gasteiger partial charge in [-0.1, -0.05) is 310 Å². The summed E-state index contributed by atoms with van der Waals surface area (Å²) in [6, 6.07) is 4.21. The third-order valence-corrected chi connectivity index (χ3v) is 20.2. The molecular formula is C83H160N3O13P. The molecule has 0 spiro atoms. The van der Waals surface area contributed by atoms with Gasteiger partial charge >= 0.3 is 0 Å². The first-order chi connectivity index (χ1) is 49.4. The van der Waals surface area contributed by atoms with E-state index in [0.29, 0.717) is 144 Å². The predicted molar refractivity (Wildman–Crippen MR) is 422 cm³/mol. The van der Waals surface area contributed by atoms with E-state index in [0.717, 1.165) is 42.1 Å². The zero-order valence-electron chi connectivity index (χ0n) is 66.0. The van der Waals surface area contributed by atoms with Gasteiger partial charge in [0, 0.05) is 19.0 Å². The highest BCUT2D eigenvalue weighted by molar-refractivity contribution is 7.58. The molecule has 2 N–H and O–H groups in total. The fourth-order valence-corrected chi connectivity index (χ4v) is 13.4. The number of ether oxygens (including phenoxy) is 11. The molecule has 1 unspecified atom stereocenters. The molecule has 590 valence electrons. The van der Waals surface area contributed by atoms with Crippen molar-refractivity contribution in [3.05, 3.63) is 17.7 Å². The second-order valence-corrected chi connectivity index (χ2v) is 30.7. The van der Waals surface area contributed by atoms with E-state index < -0.39 is 7.37 Å². The van der Waals surface area contributed by atoms with Gasteiger partial charge < -0.3 is 62.5 Å². The van der Waals surface area contributed by atoms with Gasteiger partial charge in [-0.05, 0) is 43.9 Å². The van der Waals surface area contributed by atoms with Gasteiger partial charge in [0.25, 0.3) is 0 Å². The van der Waals surface area contributed by atoms with Crippen LogP contribution in [-0.4, -0.2) is 157 Å². The number of rotatable bonds is 85. The smallest absolute Gasteiger partial charge is 0.203 e. The van der Waals surface area contributed by atoms with Crippen molar-refractivity contribution < 1.29 is 61.2 Å². The third kappa shape index (κ3) is 68.7. The topological polar surface area (TPSA) is 179 Å². The molecule has 0 bridgehead atoms. The predicted octanol–water partition coefficient (Wildman–Crippen LogP) is 22.6. The molecule has 1 aromatic rings. The molecule has 0 aliphatic carbocycles. The number of unbranched alkanes of at least 4 members (excludes halogenated alkanes) is 45. The molecule has 0 aromatic heterocycles. The molecule has 0 amide bonds. The highest BCUT2D eigenvalue weighted by Crippen LogP contribution is 2.42. The van der Waals surface area contributed by atoms with Gasteiger partial charge in [-0.15, -0.1) is 0 Å². The van der Waals surface area contributed by atoms with Crippen LogP contribution in [0.15, 0.2) is 22.2 Å². The summed E-state index contributed by atoms with van der Waals surface area (Å²) in [5, 5.41) is 3.99. The second-order valence-electron chi connectivity index (χ2n) is 28.0. The highest BCUT2D eigenvalue weighted by atomic mass is 31.2. The van der Waals surface area contributed by atoms with Crippen molar-refractivity contribution in [2.24, 2.45) is 15.9 Å². The Kier molecular flexibility index (Phi) is 75.7. The molecule has 0 heterocycles. The maximum atomic E-state index is 12.1. The molecule has 17 heteroatoms. The van der Waals surface area contributed by atoms with Crippen LogP contribution in [0, 0.1) is 0 Å². The Morgan fingerprint density at radius 3 is 0.860 bits per heavy atom. The van der Waals surface area contributed by atoms with Gasteiger partial charge in [-0.3, -0.25) is 9.56 Å². The van der Waals surface area contributed by atoms with Crippen LogP contribution in [0.3, 0.4) is 0 Å². The Bertz CT molecular complexity index is 1860. The minimum Gasteiger partial charge on any atom is -0.490 e. The Morgan fingerprint density at radius 1 is 0.340 bits per heavy atom. The number of hydrogen-bond donors (Lipinski definition) is 1. The van der Waals surface area contributed by atoms with Crippen LogP contribution in [0.25, 0.3) is 0 Å². The van der Waals surface area contributed by atoms with Gasteiger partial charge in [0.1, 0.15) is 5.71 Å². The molecule has 0 saturated heterocycles. The minimum absolute atomic E-state index is 0.218. The van der Waals surface area contributed by atoms with E-state index in [-0.39, 0.29) is 6.61 Å². The van der Waals surface area contributed by atoms with Gasteiger partial charge in [0.2, 0.25) is 13.1 Å². The standard InChI is InChI=1S/C83H160N3O13P/c1-6-10-13-16-19-22-25-28-31-34-37-40-43-46-49-52-55-96-81-74-79(76-85-77-80(86-84)78-95-71-70-93-67-66-91-63-62-89-59-58-88-60-61-90-64-65-92-68-69-94-72-73-100(5,87)99-9-4)75-82(97-56-53-50-47-44-41-38-35-32-29-26-23-20-17-14-11-7-2)83(81)98-57-54-51-48-45-42-39-36-33-30-27-24-21-18-15-12-8-3/h74-75,77H,6-73,76,78,84H2,1-5H3. The molecule has 16 nitrogen and oxygen atoms in total. The van der Waals surface area contributed by atoms with Crippen molar-refractivity contribution in [1.29, 1.82) is 0 Å². The summed E-state index contributed by atoms with van der Waals surface area (Å²) >= 11 is 0. The summed E-state index contributed by atoms with van der Waals surface area (Å²) in [4.78, 5) is 4.81. The Morgan fingerprint density at radius 2 is 0.590 bits per heavy atom. The first-order valence-corrected chi connectivity index (χ1v) is 44.3. The van der Waals surface area contributed by atoms with Gasteiger partial charge in [0.15, 0.2) is 11.5 Å². The number of aliphatic imine (C=N–C) groups is 1. The first kappa shape index (κ1) is 95.6. The zero-order chi connectivity index (χ0) is 71.9. The van der Waals surface area contributed by atoms with Crippen LogP contribution in [0.2, 0.25) is 0 Å². The van der Waals surface area contributed by atoms with E-state index in [1.54, 1.807) is 12.9 Å². The fraction of sp³-hybridized carbons (Fsp3) is 0.904. The molecular weight excluding hydrogens is 1280 g/mol. The maximum Gasteiger partial charge on any atom is 0.203 e. The second kappa shape index (κ2) is 79.2. The highest BCUT2D eigenvalue weighted by Gasteiger charge is 2.18. The van der Waals surface area contributed by atoms with Crippen LogP contribution < -0.4 is 20.1 Å². The normalized spacial score (nSPS) is 12.6. The molecule has 0 fully saturated rings. The Labute approximate surface area is 615 Å². The van der Waals surface area contributed by atoms with Crippen molar-refractivity contribution in [2.45, 2.75) is 342 Å². The van der Waals surface area contributed by atoms with Crippen molar-refractivity contribution in [2.75, 3.05) is 145 Å². The number of benzene rings is 1. The van der Waals surface area contributed by atoms with E-state index >= 15 is 0 Å². The fourth-order valence-electron chi connectivity index (χ4n) is 12.2. The van der Waals surface area contributed by atoms with E-state index in [2.05, 4.69) is 38.0 Å². The van der Waals surface area contributed by atoms with E-state index in [1.807, 2.05) is 6.92 Å². The SMILES string of the molecule is CCCCCCCCCCCCCCCCCCOc1cc(CN=CC(COCCOCCOCCOCCOCCOCCOCCOCCP(C)(=O)OCC)=NN)cc(OCCCCCCCCCCCCCCCCCC)c1OCCCCCCCCCCCCCCCCCC. The van der Waals surface area contributed by atoms with Crippen LogP contribution in [0.5, 0.6) is 17.2 Å². The van der Waals surface area contributed by atoms with Crippen molar-refractivity contribution in [3.8, 4) is 17.2 Å². The van der Waals surface area contributed by atoms with Gasteiger partial charge in [-0.25, -0.2) is 0 Å². The summed E-state index contributed by atoms with van der Waals surface area (Å²) in [6.45, 7) is 20.2. The van der Waals surface area contributed by atoms with Crippen LogP contribution in [-0.2, 0) is 53.5 Å². The molecule has 0 aliphatic heterocycles. The largest absolute Gasteiger partial charge is 0.490 e.